The second-order valence-corrected chi connectivity index (χ2v) is 8.13. The van der Waals surface area contributed by atoms with E-state index in [1.54, 1.807) is 30.3 Å². The summed E-state index contributed by atoms with van der Waals surface area (Å²) in [4.78, 5) is 12.9. The first-order chi connectivity index (χ1) is 12.8. The number of hydrogen-bond acceptors (Lipinski definition) is 5. The number of non-ortho nitro benzene ring substituents is 1. The highest BCUT2D eigenvalue weighted by Gasteiger charge is 2.20. The van der Waals surface area contributed by atoms with Crippen molar-refractivity contribution < 1.29 is 13.3 Å². The van der Waals surface area contributed by atoms with E-state index in [4.69, 9.17) is 11.6 Å². The number of aromatic nitrogens is 1. The number of fused-ring (bicyclic) bond motifs is 1. The van der Waals surface area contributed by atoms with Gasteiger partial charge in [0.2, 0.25) is 0 Å². The third kappa shape index (κ3) is 4.00. The Labute approximate surface area is 159 Å². The number of halogens is 1. The highest BCUT2D eigenvalue weighted by atomic mass is 35.5. The van der Waals surface area contributed by atoms with Crippen molar-refractivity contribution in [3.63, 3.8) is 0 Å². The van der Waals surface area contributed by atoms with Crippen LogP contribution in [-0.4, -0.2) is 18.3 Å². The molecule has 0 unspecified atom stereocenters. The van der Waals surface area contributed by atoms with Gasteiger partial charge in [0, 0.05) is 39.8 Å². The molecule has 9 heteroatoms. The number of allylic oxidation sites excluding steroid dienone is 1. The van der Waals surface area contributed by atoms with Gasteiger partial charge in [0.25, 0.3) is 5.69 Å². The molecule has 0 saturated carbocycles. The smallest absolute Gasteiger partial charge is 0.270 e. The molecule has 0 spiro atoms. The monoisotopic (exact) mass is 401 g/mol. The second-order valence-electron chi connectivity index (χ2n) is 5.74. The number of nitro benzene ring substituents is 1. The quantitative estimate of drug-likeness (QED) is 0.390. The van der Waals surface area contributed by atoms with Crippen LogP contribution < -0.4 is 0 Å². The van der Waals surface area contributed by atoms with E-state index in [1.165, 1.54) is 30.5 Å². The molecule has 0 atom stereocenters. The van der Waals surface area contributed by atoms with Gasteiger partial charge in [0.05, 0.1) is 10.7 Å². The molecule has 27 heavy (non-hydrogen) atoms. The van der Waals surface area contributed by atoms with E-state index in [0.29, 0.717) is 27.1 Å². The molecule has 2 aromatic carbocycles. The first-order valence-electron chi connectivity index (χ1n) is 7.65. The molecule has 3 aromatic rings. The maximum absolute atomic E-state index is 12.6. The fraction of sp³-hybridized carbons (Fsp3) is 0.0556. The highest BCUT2D eigenvalue weighted by molar-refractivity contribution is 7.95. The van der Waals surface area contributed by atoms with Crippen molar-refractivity contribution in [2.45, 2.75) is 5.75 Å². The van der Waals surface area contributed by atoms with Gasteiger partial charge in [-0.1, -0.05) is 23.7 Å². The van der Waals surface area contributed by atoms with Gasteiger partial charge in [-0.05, 0) is 29.8 Å². The van der Waals surface area contributed by atoms with Crippen LogP contribution in [0.4, 0.5) is 5.69 Å². The number of aromatic amines is 1. The number of rotatable bonds is 5. The normalized spacial score (nSPS) is 12.1. The number of nitro groups is 1. The van der Waals surface area contributed by atoms with Crippen LogP contribution in [0.25, 0.3) is 17.0 Å². The molecule has 0 fully saturated rings. The van der Waals surface area contributed by atoms with Crippen molar-refractivity contribution in [2.24, 2.45) is 0 Å². The van der Waals surface area contributed by atoms with Crippen LogP contribution in [-0.2, 0) is 15.6 Å². The minimum absolute atomic E-state index is 0.126. The van der Waals surface area contributed by atoms with Crippen LogP contribution in [0.2, 0.25) is 5.02 Å². The van der Waals surface area contributed by atoms with Crippen molar-refractivity contribution in [2.75, 3.05) is 0 Å². The van der Waals surface area contributed by atoms with E-state index in [0.717, 1.165) is 0 Å². The van der Waals surface area contributed by atoms with Gasteiger partial charge in [-0.3, -0.25) is 10.1 Å². The van der Waals surface area contributed by atoms with E-state index in [-0.39, 0.29) is 11.4 Å². The molecule has 3 rings (SSSR count). The Hall–Kier alpha value is -3.15. The van der Waals surface area contributed by atoms with Crippen LogP contribution in [0.5, 0.6) is 0 Å². The zero-order valence-electron chi connectivity index (χ0n) is 13.7. The Bertz CT molecular complexity index is 1210. The lowest BCUT2D eigenvalue weighted by Gasteiger charge is -2.03. The van der Waals surface area contributed by atoms with Crippen LogP contribution in [0.1, 0.15) is 11.1 Å². The number of hydrogen-bond donors (Lipinski definition) is 1. The molecule has 0 aliphatic carbocycles. The second kappa shape index (κ2) is 7.23. The lowest BCUT2D eigenvalue weighted by atomic mass is 10.1. The van der Waals surface area contributed by atoms with Crippen molar-refractivity contribution >= 4 is 44.1 Å². The Morgan fingerprint density at radius 3 is 2.59 bits per heavy atom. The number of nitrogens with one attached hydrogen (secondary N) is 1. The van der Waals surface area contributed by atoms with Crippen molar-refractivity contribution in [3.8, 4) is 6.07 Å². The van der Waals surface area contributed by atoms with Crippen molar-refractivity contribution in [3.05, 3.63) is 79.8 Å². The van der Waals surface area contributed by atoms with Crippen LogP contribution >= 0.6 is 11.6 Å². The number of H-pyrrole nitrogens is 1. The van der Waals surface area contributed by atoms with E-state index in [2.05, 4.69) is 4.98 Å². The Balaban J connectivity index is 2.02. The highest BCUT2D eigenvalue weighted by Crippen LogP contribution is 2.27. The first kappa shape index (κ1) is 18.6. The average molecular weight is 402 g/mol. The van der Waals surface area contributed by atoms with Gasteiger partial charge in [0.1, 0.15) is 11.0 Å². The lowest BCUT2D eigenvalue weighted by Crippen LogP contribution is -2.06. The zero-order valence-corrected chi connectivity index (χ0v) is 15.3. The summed E-state index contributed by atoms with van der Waals surface area (Å²) >= 11 is 5.79. The predicted molar refractivity (Wildman–Crippen MR) is 103 cm³/mol. The Kier molecular flexibility index (Phi) is 4.99. The summed E-state index contributed by atoms with van der Waals surface area (Å²) in [5.74, 6) is -0.355. The maximum atomic E-state index is 12.6. The SMILES string of the molecule is N#C/C(=C\c1c[nH]c2ccc([N+](=O)[O-])cc12)S(=O)(=O)Cc1ccc(Cl)cc1. The summed E-state index contributed by atoms with van der Waals surface area (Å²) in [6.07, 6.45) is 2.72. The van der Waals surface area contributed by atoms with Crippen molar-refractivity contribution in [1.82, 2.24) is 4.98 Å². The van der Waals surface area contributed by atoms with Gasteiger partial charge < -0.3 is 4.98 Å². The number of sulfone groups is 1. The fourth-order valence-corrected chi connectivity index (χ4v) is 3.93. The number of nitriles is 1. The summed E-state index contributed by atoms with van der Waals surface area (Å²) in [6, 6.07) is 12.2. The molecule has 0 bridgehead atoms. The Morgan fingerprint density at radius 1 is 1.26 bits per heavy atom. The van der Waals surface area contributed by atoms with Gasteiger partial charge in [0.15, 0.2) is 9.84 Å². The maximum Gasteiger partial charge on any atom is 0.270 e. The molecule has 1 N–H and O–H groups in total. The molecule has 0 amide bonds. The minimum Gasteiger partial charge on any atom is -0.361 e. The molecular weight excluding hydrogens is 390 g/mol. The van der Waals surface area contributed by atoms with Crippen LogP contribution in [0.15, 0.2) is 53.6 Å². The molecule has 0 aliphatic heterocycles. The molecule has 7 nitrogen and oxygen atoms in total. The van der Waals surface area contributed by atoms with Crippen LogP contribution in [0.3, 0.4) is 0 Å². The van der Waals surface area contributed by atoms with E-state index >= 15 is 0 Å². The van der Waals surface area contributed by atoms with Gasteiger partial charge in [-0.15, -0.1) is 0 Å². The molecule has 0 saturated heterocycles. The molecule has 0 radical (unpaired) electrons. The summed E-state index contributed by atoms with van der Waals surface area (Å²) in [5, 5.41) is 21.3. The van der Waals surface area contributed by atoms with Gasteiger partial charge >= 0.3 is 0 Å². The number of benzene rings is 2. The predicted octanol–water partition coefficient (Wildman–Crippen LogP) is 4.21. The summed E-state index contributed by atoms with van der Waals surface area (Å²) in [6.45, 7) is 0. The van der Waals surface area contributed by atoms with Crippen molar-refractivity contribution in [1.29, 1.82) is 5.26 Å². The summed E-state index contributed by atoms with van der Waals surface area (Å²) < 4.78 is 25.2. The molecule has 1 heterocycles. The van der Waals surface area contributed by atoms with E-state index in [1.807, 2.05) is 0 Å². The molecule has 136 valence electrons. The average Bonchev–Trinajstić information content (AvgIpc) is 3.03. The topological polar surface area (TPSA) is 117 Å². The molecule has 0 aliphatic rings. The van der Waals surface area contributed by atoms with E-state index < -0.39 is 19.7 Å². The first-order valence-corrected chi connectivity index (χ1v) is 9.68. The molecular formula is C18H12ClN3O4S. The number of nitrogens with zero attached hydrogens (tertiary/aromatic N) is 2. The Morgan fingerprint density at radius 2 is 1.96 bits per heavy atom. The van der Waals surface area contributed by atoms with Gasteiger partial charge in [-0.2, -0.15) is 5.26 Å². The van der Waals surface area contributed by atoms with Crippen LogP contribution in [0, 0.1) is 21.4 Å². The minimum atomic E-state index is -3.90. The summed E-state index contributed by atoms with van der Waals surface area (Å²) in [7, 11) is -3.90. The summed E-state index contributed by atoms with van der Waals surface area (Å²) in [5.41, 5.74) is 1.35. The fourth-order valence-electron chi connectivity index (χ4n) is 2.57. The van der Waals surface area contributed by atoms with E-state index in [9.17, 15) is 23.8 Å². The molecule has 1 aromatic heterocycles. The largest absolute Gasteiger partial charge is 0.361 e. The third-order valence-corrected chi connectivity index (χ3v) is 5.75. The standard InChI is InChI=1S/C18H12ClN3O4S/c19-14-3-1-12(2-4-14)11-27(25,26)16(9-20)7-13-10-21-18-6-5-15(22(23)24)8-17(13)18/h1-8,10,21H,11H2/b16-7+. The lowest BCUT2D eigenvalue weighted by molar-refractivity contribution is -0.384. The zero-order chi connectivity index (χ0) is 19.6. The third-order valence-electron chi connectivity index (χ3n) is 3.91. The van der Waals surface area contributed by atoms with Gasteiger partial charge in [-0.25, -0.2) is 8.42 Å².